The molecule has 0 fully saturated rings. The minimum absolute atomic E-state index is 0.144. The highest BCUT2D eigenvalue weighted by molar-refractivity contribution is 7.99. The molecule has 3 aromatic rings. The van der Waals surface area contributed by atoms with Crippen LogP contribution >= 0.6 is 23.1 Å². The molecule has 10 heteroatoms. The minimum atomic E-state index is -0.192. The minimum Gasteiger partial charge on any atom is -0.416 e. The van der Waals surface area contributed by atoms with Gasteiger partial charge in [-0.1, -0.05) is 11.8 Å². The Kier molecular flexibility index (Phi) is 6.20. The van der Waals surface area contributed by atoms with Crippen molar-refractivity contribution in [2.45, 2.75) is 25.5 Å². The maximum Gasteiger partial charge on any atom is 0.277 e. The lowest BCUT2D eigenvalue weighted by molar-refractivity contribution is -0.114. The number of nitrogens with one attached hydrogen (secondary N) is 2. The number of carbonyl (C=O) groups is 2. The van der Waals surface area contributed by atoms with Gasteiger partial charge in [-0.3, -0.25) is 9.59 Å². The third-order valence-corrected chi connectivity index (χ3v) is 4.90. The molecule has 3 rings (SSSR count). The molecule has 0 aliphatic rings. The average Bonchev–Trinajstić information content (AvgIpc) is 3.23. The Hall–Kier alpha value is -2.72. The molecule has 0 radical (unpaired) electrons. The number of thiazole rings is 1. The van der Waals surface area contributed by atoms with Crippen molar-refractivity contribution in [2.75, 3.05) is 16.4 Å². The Balaban J connectivity index is 1.47. The maximum absolute atomic E-state index is 12.0. The molecule has 0 aliphatic heterocycles. The van der Waals surface area contributed by atoms with Crippen molar-refractivity contribution in [1.82, 2.24) is 15.2 Å². The van der Waals surface area contributed by atoms with Gasteiger partial charge in [0.25, 0.3) is 5.22 Å². The van der Waals surface area contributed by atoms with Crippen LogP contribution in [-0.2, 0) is 16.0 Å². The molecule has 2 heterocycles. The second-order valence-corrected chi connectivity index (χ2v) is 7.58. The molecule has 27 heavy (non-hydrogen) atoms. The first kappa shape index (κ1) is 19.1. The van der Waals surface area contributed by atoms with Gasteiger partial charge in [0.1, 0.15) is 0 Å². The van der Waals surface area contributed by atoms with Crippen LogP contribution < -0.4 is 10.6 Å². The molecule has 0 atom stereocenters. The molecule has 0 spiro atoms. The van der Waals surface area contributed by atoms with E-state index in [9.17, 15) is 9.59 Å². The van der Waals surface area contributed by atoms with Gasteiger partial charge in [-0.15, -0.1) is 21.5 Å². The van der Waals surface area contributed by atoms with E-state index >= 15 is 0 Å². The van der Waals surface area contributed by atoms with Gasteiger partial charge in [0.15, 0.2) is 0 Å². The molecule has 0 bridgehead atoms. The topological polar surface area (TPSA) is 110 Å². The monoisotopic (exact) mass is 403 g/mol. The van der Waals surface area contributed by atoms with E-state index in [2.05, 4.69) is 25.8 Å². The lowest BCUT2D eigenvalue weighted by Crippen LogP contribution is -2.14. The summed E-state index contributed by atoms with van der Waals surface area (Å²) in [4.78, 5) is 27.4. The number of thioether (sulfide) groups is 1. The quantitative estimate of drug-likeness (QED) is 0.583. The SMILES string of the molecule is CC(=O)Nc1ccc(NC(=O)CSc2nnc(Cc3csc(C)n3)o2)cc1. The van der Waals surface area contributed by atoms with Crippen LogP contribution in [0.4, 0.5) is 11.4 Å². The number of aryl methyl sites for hydroxylation is 1. The third-order valence-electron chi connectivity index (χ3n) is 3.26. The molecule has 2 amide bonds. The van der Waals surface area contributed by atoms with Crippen molar-refractivity contribution in [3.63, 3.8) is 0 Å². The Morgan fingerprint density at radius 1 is 1.15 bits per heavy atom. The van der Waals surface area contributed by atoms with Gasteiger partial charge >= 0.3 is 0 Å². The second-order valence-electron chi connectivity index (χ2n) is 5.59. The van der Waals surface area contributed by atoms with Crippen molar-refractivity contribution in [3.8, 4) is 0 Å². The zero-order chi connectivity index (χ0) is 19.2. The molecule has 2 N–H and O–H groups in total. The first-order valence-corrected chi connectivity index (χ1v) is 9.88. The number of hydrogen-bond acceptors (Lipinski definition) is 8. The number of aromatic nitrogens is 3. The summed E-state index contributed by atoms with van der Waals surface area (Å²) in [6.45, 7) is 3.38. The van der Waals surface area contributed by atoms with Gasteiger partial charge in [0, 0.05) is 23.7 Å². The summed E-state index contributed by atoms with van der Waals surface area (Å²) in [6, 6.07) is 6.87. The van der Waals surface area contributed by atoms with Crippen molar-refractivity contribution in [2.24, 2.45) is 0 Å². The second kappa shape index (κ2) is 8.78. The standard InChI is InChI=1S/C17H17N5O3S2/c1-10(23)18-12-3-5-13(6-4-12)20-15(24)9-27-17-22-21-16(25-17)7-14-8-26-11(2)19-14/h3-6,8H,7,9H2,1-2H3,(H,18,23)(H,20,24). The highest BCUT2D eigenvalue weighted by atomic mass is 32.2. The predicted molar refractivity (Wildman–Crippen MR) is 104 cm³/mol. The van der Waals surface area contributed by atoms with Gasteiger partial charge in [-0.2, -0.15) is 0 Å². The van der Waals surface area contributed by atoms with E-state index < -0.39 is 0 Å². The molecule has 2 aromatic heterocycles. The molecule has 8 nitrogen and oxygen atoms in total. The predicted octanol–water partition coefficient (Wildman–Crippen LogP) is 3.11. The van der Waals surface area contributed by atoms with Crippen LogP contribution in [-0.4, -0.2) is 32.7 Å². The Bertz CT molecular complexity index is 936. The molecule has 140 valence electrons. The Morgan fingerprint density at radius 3 is 2.48 bits per heavy atom. The number of rotatable bonds is 7. The average molecular weight is 403 g/mol. The normalized spacial score (nSPS) is 10.6. The molecule has 0 saturated carbocycles. The van der Waals surface area contributed by atoms with Crippen LogP contribution in [0.1, 0.15) is 23.5 Å². The molecule has 0 unspecified atom stereocenters. The van der Waals surface area contributed by atoms with E-state index in [4.69, 9.17) is 4.42 Å². The van der Waals surface area contributed by atoms with E-state index in [0.29, 0.717) is 28.9 Å². The van der Waals surface area contributed by atoms with Crippen LogP contribution in [0.15, 0.2) is 39.3 Å². The summed E-state index contributed by atoms with van der Waals surface area (Å²) in [5, 5.41) is 16.6. The summed E-state index contributed by atoms with van der Waals surface area (Å²) in [5.74, 6) is 0.274. The van der Waals surface area contributed by atoms with Crippen LogP contribution in [0.2, 0.25) is 0 Å². The summed E-state index contributed by atoms with van der Waals surface area (Å²) in [6.07, 6.45) is 0.477. The van der Waals surface area contributed by atoms with Gasteiger partial charge in [-0.25, -0.2) is 4.98 Å². The summed E-state index contributed by atoms with van der Waals surface area (Å²) in [5.41, 5.74) is 2.20. The van der Waals surface area contributed by atoms with E-state index in [0.717, 1.165) is 10.7 Å². The van der Waals surface area contributed by atoms with Crippen molar-refractivity contribution >= 4 is 46.3 Å². The zero-order valence-electron chi connectivity index (χ0n) is 14.7. The fourth-order valence-corrected chi connectivity index (χ4v) is 3.37. The van der Waals surface area contributed by atoms with Crippen molar-refractivity contribution in [1.29, 1.82) is 0 Å². The van der Waals surface area contributed by atoms with E-state index in [1.165, 1.54) is 18.7 Å². The van der Waals surface area contributed by atoms with E-state index in [-0.39, 0.29) is 17.6 Å². The number of carbonyl (C=O) groups excluding carboxylic acids is 2. The lowest BCUT2D eigenvalue weighted by Gasteiger charge is -2.06. The number of amides is 2. The van der Waals surface area contributed by atoms with Crippen LogP contribution in [0, 0.1) is 6.92 Å². The fourth-order valence-electron chi connectivity index (χ4n) is 2.18. The van der Waals surface area contributed by atoms with Crippen LogP contribution in [0.3, 0.4) is 0 Å². The van der Waals surface area contributed by atoms with E-state index in [1.54, 1.807) is 35.6 Å². The Morgan fingerprint density at radius 2 is 1.85 bits per heavy atom. The maximum atomic E-state index is 12.0. The van der Waals surface area contributed by atoms with Gasteiger partial charge in [0.2, 0.25) is 17.7 Å². The van der Waals surface area contributed by atoms with Crippen molar-refractivity contribution in [3.05, 3.63) is 46.2 Å². The van der Waals surface area contributed by atoms with Crippen LogP contribution in [0.25, 0.3) is 0 Å². The Labute approximate surface area is 163 Å². The van der Waals surface area contributed by atoms with Gasteiger partial charge in [0.05, 0.1) is 22.9 Å². The number of benzene rings is 1. The van der Waals surface area contributed by atoms with Crippen molar-refractivity contribution < 1.29 is 14.0 Å². The highest BCUT2D eigenvalue weighted by Crippen LogP contribution is 2.19. The smallest absolute Gasteiger partial charge is 0.277 e. The number of nitrogens with zero attached hydrogens (tertiary/aromatic N) is 3. The van der Waals surface area contributed by atoms with E-state index in [1.807, 2.05) is 12.3 Å². The first-order chi connectivity index (χ1) is 13.0. The zero-order valence-corrected chi connectivity index (χ0v) is 16.3. The number of anilines is 2. The molecule has 0 aliphatic carbocycles. The number of hydrogen-bond donors (Lipinski definition) is 2. The van der Waals surface area contributed by atoms with Gasteiger partial charge in [-0.05, 0) is 31.2 Å². The first-order valence-electron chi connectivity index (χ1n) is 8.01. The molecule has 0 saturated heterocycles. The van der Waals surface area contributed by atoms with Crippen LogP contribution in [0.5, 0.6) is 0 Å². The molecular weight excluding hydrogens is 386 g/mol. The largest absolute Gasteiger partial charge is 0.416 e. The summed E-state index contributed by atoms with van der Waals surface area (Å²) in [7, 11) is 0. The highest BCUT2D eigenvalue weighted by Gasteiger charge is 2.11. The molecule has 1 aromatic carbocycles. The summed E-state index contributed by atoms with van der Waals surface area (Å²) < 4.78 is 5.54. The summed E-state index contributed by atoms with van der Waals surface area (Å²) >= 11 is 2.74. The lowest BCUT2D eigenvalue weighted by atomic mass is 10.3. The fraction of sp³-hybridized carbons (Fsp3) is 0.235. The van der Waals surface area contributed by atoms with Gasteiger partial charge < -0.3 is 15.1 Å². The third kappa shape index (κ3) is 5.90. The molecular formula is C17H17N5O3S2.